The Hall–Kier alpha value is -3.02. The third kappa shape index (κ3) is 3.79. The Morgan fingerprint density at radius 3 is 2.46 bits per heavy atom. The lowest BCUT2D eigenvalue weighted by Crippen LogP contribution is -2.30. The van der Waals surface area contributed by atoms with Gasteiger partial charge in [-0.2, -0.15) is 0 Å². The number of aliphatic carboxylic acids is 1. The lowest BCUT2D eigenvalue weighted by atomic mass is 9.88. The van der Waals surface area contributed by atoms with Gasteiger partial charge in [0, 0.05) is 19.0 Å². The van der Waals surface area contributed by atoms with E-state index < -0.39 is 18.0 Å². The molecule has 1 aliphatic rings. The highest BCUT2D eigenvalue weighted by molar-refractivity contribution is 5.76. The van der Waals surface area contributed by atoms with Crippen molar-refractivity contribution in [2.24, 2.45) is 5.92 Å². The van der Waals surface area contributed by atoms with Gasteiger partial charge < -0.3 is 19.5 Å². The molecule has 1 saturated heterocycles. The fraction of sp³-hybridized carbons (Fsp3) is 0.300. The van der Waals surface area contributed by atoms with Gasteiger partial charge in [0.2, 0.25) is 0 Å². The van der Waals surface area contributed by atoms with Crippen LogP contribution in [0.15, 0.2) is 54.6 Å². The van der Waals surface area contributed by atoms with E-state index in [9.17, 15) is 14.7 Å². The maximum atomic E-state index is 12.4. The molecule has 1 amide bonds. The molecular weight excluding hydrogens is 334 g/mol. The van der Waals surface area contributed by atoms with Crippen molar-refractivity contribution in [1.82, 2.24) is 4.90 Å². The number of benzene rings is 2. The number of carbonyl (C=O) groups excluding carboxylic acids is 1. The molecular formula is C20H21NO5. The van der Waals surface area contributed by atoms with Gasteiger partial charge in [-0.3, -0.25) is 4.79 Å². The summed E-state index contributed by atoms with van der Waals surface area (Å²) >= 11 is 0. The van der Waals surface area contributed by atoms with E-state index in [2.05, 4.69) is 0 Å². The molecule has 26 heavy (non-hydrogen) atoms. The van der Waals surface area contributed by atoms with Crippen molar-refractivity contribution in [2.75, 3.05) is 20.2 Å². The Labute approximate surface area is 152 Å². The van der Waals surface area contributed by atoms with E-state index in [0.29, 0.717) is 5.75 Å². The highest BCUT2D eigenvalue weighted by Crippen LogP contribution is 2.37. The minimum absolute atomic E-state index is 0.117. The van der Waals surface area contributed by atoms with E-state index in [1.807, 2.05) is 48.5 Å². The average molecular weight is 355 g/mol. The Morgan fingerprint density at radius 1 is 1.08 bits per heavy atom. The van der Waals surface area contributed by atoms with Crippen LogP contribution in [0.4, 0.5) is 4.79 Å². The zero-order chi connectivity index (χ0) is 18.5. The summed E-state index contributed by atoms with van der Waals surface area (Å²) in [6, 6.07) is 16.7. The monoisotopic (exact) mass is 355 g/mol. The third-order valence-electron chi connectivity index (χ3n) is 4.64. The van der Waals surface area contributed by atoms with Crippen LogP contribution in [0, 0.1) is 5.92 Å². The van der Waals surface area contributed by atoms with Crippen LogP contribution in [-0.2, 0) is 16.1 Å². The molecule has 0 aliphatic carbocycles. The Kier molecular flexibility index (Phi) is 5.41. The van der Waals surface area contributed by atoms with Crippen LogP contribution in [0.5, 0.6) is 5.75 Å². The highest BCUT2D eigenvalue weighted by Gasteiger charge is 2.42. The molecule has 0 unspecified atom stereocenters. The lowest BCUT2D eigenvalue weighted by Gasteiger charge is -2.18. The molecule has 6 heteroatoms. The van der Waals surface area contributed by atoms with Crippen LogP contribution in [0.3, 0.4) is 0 Å². The first-order valence-corrected chi connectivity index (χ1v) is 8.41. The third-order valence-corrected chi connectivity index (χ3v) is 4.64. The highest BCUT2D eigenvalue weighted by atomic mass is 16.6. The van der Waals surface area contributed by atoms with E-state index in [-0.39, 0.29) is 25.6 Å². The molecule has 1 N–H and O–H groups in total. The number of rotatable bonds is 5. The standard InChI is InChI=1S/C20H21NO5/c1-25-18-10-6-5-9-15(18)16-11-21(12-17(16)19(22)23)20(24)26-13-14-7-3-2-4-8-14/h2-10,16-17H,11-13H2,1H3,(H,22,23)/t16-,17+/m0/s1. The van der Waals surface area contributed by atoms with Crippen LogP contribution in [0.2, 0.25) is 0 Å². The quantitative estimate of drug-likeness (QED) is 0.892. The molecule has 0 radical (unpaired) electrons. The number of amides is 1. The maximum absolute atomic E-state index is 12.4. The number of carbonyl (C=O) groups is 2. The van der Waals surface area contributed by atoms with Crippen LogP contribution in [0.1, 0.15) is 17.0 Å². The molecule has 0 spiro atoms. The number of para-hydroxylation sites is 1. The molecule has 1 aliphatic heterocycles. The second-order valence-corrected chi connectivity index (χ2v) is 6.24. The van der Waals surface area contributed by atoms with Crippen LogP contribution >= 0.6 is 0 Å². The van der Waals surface area contributed by atoms with Crippen molar-refractivity contribution in [2.45, 2.75) is 12.5 Å². The van der Waals surface area contributed by atoms with Crippen LogP contribution in [-0.4, -0.2) is 42.3 Å². The topological polar surface area (TPSA) is 76.1 Å². The van der Waals surface area contributed by atoms with Crippen LogP contribution in [0.25, 0.3) is 0 Å². The molecule has 3 rings (SSSR count). The molecule has 1 heterocycles. The molecule has 2 atom stereocenters. The number of methoxy groups -OCH3 is 1. The smallest absolute Gasteiger partial charge is 0.410 e. The van der Waals surface area contributed by atoms with E-state index in [0.717, 1.165) is 11.1 Å². The van der Waals surface area contributed by atoms with Crippen molar-refractivity contribution in [3.8, 4) is 5.75 Å². The first-order valence-electron chi connectivity index (χ1n) is 8.41. The number of hydrogen-bond donors (Lipinski definition) is 1. The van der Waals surface area contributed by atoms with Crippen molar-refractivity contribution >= 4 is 12.1 Å². The largest absolute Gasteiger partial charge is 0.496 e. The predicted octanol–water partition coefficient (Wildman–Crippen LogP) is 3.13. The summed E-state index contributed by atoms with van der Waals surface area (Å²) in [5, 5.41) is 9.60. The molecule has 136 valence electrons. The summed E-state index contributed by atoms with van der Waals surface area (Å²) < 4.78 is 10.7. The summed E-state index contributed by atoms with van der Waals surface area (Å²) in [6.07, 6.45) is -0.502. The molecule has 2 aromatic rings. The van der Waals surface area contributed by atoms with Gasteiger partial charge in [0.1, 0.15) is 12.4 Å². The maximum Gasteiger partial charge on any atom is 0.410 e. The number of carboxylic acids is 1. The first-order chi connectivity index (χ1) is 12.6. The zero-order valence-electron chi connectivity index (χ0n) is 14.5. The van der Waals surface area contributed by atoms with E-state index in [1.54, 1.807) is 13.2 Å². The van der Waals surface area contributed by atoms with Crippen molar-refractivity contribution in [1.29, 1.82) is 0 Å². The van der Waals surface area contributed by atoms with Gasteiger partial charge in [-0.05, 0) is 17.2 Å². The molecule has 2 aromatic carbocycles. The predicted molar refractivity (Wildman–Crippen MR) is 95.1 cm³/mol. The first kappa shape index (κ1) is 17.8. The van der Waals surface area contributed by atoms with Gasteiger partial charge in [0.25, 0.3) is 0 Å². The summed E-state index contributed by atoms with van der Waals surface area (Å²) in [5.74, 6) is -1.34. The fourth-order valence-corrected chi connectivity index (χ4v) is 3.30. The van der Waals surface area contributed by atoms with E-state index >= 15 is 0 Å². The van der Waals surface area contributed by atoms with Gasteiger partial charge in [0.15, 0.2) is 0 Å². The van der Waals surface area contributed by atoms with Gasteiger partial charge in [-0.25, -0.2) is 4.79 Å². The molecule has 0 aromatic heterocycles. The number of nitrogens with zero attached hydrogens (tertiary/aromatic N) is 1. The van der Waals surface area contributed by atoms with Gasteiger partial charge in [-0.1, -0.05) is 48.5 Å². The lowest BCUT2D eigenvalue weighted by molar-refractivity contribution is -0.141. The number of carboxylic acid groups (broad SMARTS) is 1. The summed E-state index contributed by atoms with van der Waals surface area (Å²) in [6.45, 7) is 0.559. The minimum atomic E-state index is -0.931. The SMILES string of the molecule is COc1ccccc1[C@@H]1CN(C(=O)OCc2ccccc2)C[C@H]1C(=O)O. The van der Waals surface area contributed by atoms with Crippen molar-refractivity contribution < 1.29 is 24.2 Å². The summed E-state index contributed by atoms with van der Waals surface area (Å²) in [7, 11) is 1.55. The minimum Gasteiger partial charge on any atom is -0.496 e. The molecule has 1 fully saturated rings. The van der Waals surface area contributed by atoms with Gasteiger partial charge in [-0.15, -0.1) is 0 Å². The Balaban J connectivity index is 1.72. The zero-order valence-corrected chi connectivity index (χ0v) is 14.5. The summed E-state index contributed by atoms with van der Waals surface area (Å²) in [4.78, 5) is 25.6. The normalized spacial score (nSPS) is 19.2. The number of likely N-dealkylation sites (tertiary alicyclic amines) is 1. The number of ether oxygens (including phenoxy) is 2. The van der Waals surface area contributed by atoms with Gasteiger partial charge >= 0.3 is 12.1 Å². The second-order valence-electron chi connectivity index (χ2n) is 6.24. The Bertz CT molecular complexity index is 777. The van der Waals surface area contributed by atoms with Crippen LogP contribution < -0.4 is 4.74 Å². The molecule has 6 nitrogen and oxygen atoms in total. The fourth-order valence-electron chi connectivity index (χ4n) is 3.30. The Morgan fingerprint density at radius 2 is 1.77 bits per heavy atom. The van der Waals surface area contributed by atoms with Gasteiger partial charge in [0.05, 0.1) is 13.0 Å². The second kappa shape index (κ2) is 7.91. The molecule has 0 saturated carbocycles. The summed E-state index contributed by atoms with van der Waals surface area (Å²) in [5.41, 5.74) is 1.68. The number of hydrogen-bond acceptors (Lipinski definition) is 4. The van der Waals surface area contributed by atoms with E-state index in [1.165, 1.54) is 4.90 Å². The van der Waals surface area contributed by atoms with Crippen molar-refractivity contribution in [3.05, 3.63) is 65.7 Å². The van der Waals surface area contributed by atoms with E-state index in [4.69, 9.17) is 9.47 Å². The van der Waals surface area contributed by atoms with Crippen molar-refractivity contribution in [3.63, 3.8) is 0 Å². The molecule has 0 bridgehead atoms. The average Bonchev–Trinajstić information content (AvgIpc) is 3.12.